The molecule has 2 aromatic rings. The predicted molar refractivity (Wildman–Crippen MR) is 107 cm³/mol. The molecule has 0 N–H and O–H groups in total. The minimum Gasteiger partial charge on any atom is -0.0804 e. The molecule has 0 aliphatic heterocycles. The van der Waals surface area contributed by atoms with Gasteiger partial charge >= 0.3 is 0 Å². The molecule has 0 radical (unpaired) electrons. The van der Waals surface area contributed by atoms with Crippen LogP contribution >= 0.6 is 0 Å². The summed E-state index contributed by atoms with van der Waals surface area (Å²) in [6.07, 6.45) is 12.5. The van der Waals surface area contributed by atoms with Crippen LogP contribution in [0.3, 0.4) is 0 Å². The van der Waals surface area contributed by atoms with Crippen LogP contribution in [0.2, 0.25) is 0 Å². The molecule has 0 heterocycles. The summed E-state index contributed by atoms with van der Waals surface area (Å²) >= 11 is 0. The highest BCUT2D eigenvalue weighted by Gasteiger charge is 2.11. The first-order valence-electron chi connectivity index (χ1n) is 9.63. The molecule has 2 aromatic carbocycles. The molecule has 0 bridgehead atoms. The standard InChI is InChI=1S/C24H32/c1-3-5-13-23(21-15-9-7-10-16-21)19-20-24(14-6-4-2)22-17-11-8-12-18-22/h7-12,15-20,23-24H,3-6,13-14H2,1-2H3/b20-19-. The summed E-state index contributed by atoms with van der Waals surface area (Å²) in [5.41, 5.74) is 2.90. The van der Waals surface area contributed by atoms with E-state index in [1.54, 1.807) is 0 Å². The first kappa shape index (κ1) is 18.5. The van der Waals surface area contributed by atoms with Gasteiger partial charge in [0, 0.05) is 11.8 Å². The van der Waals surface area contributed by atoms with Gasteiger partial charge in [-0.1, -0.05) is 112 Å². The van der Waals surface area contributed by atoms with Gasteiger partial charge in [-0.2, -0.15) is 0 Å². The van der Waals surface area contributed by atoms with Crippen molar-refractivity contribution in [1.29, 1.82) is 0 Å². The molecule has 0 fully saturated rings. The highest BCUT2D eigenvalue weighted by Crippen LogP contribution is 2.28. The van der Waals surface area contributed by atoms with Crippen LogP contribution in [-0.4, -0.2) is 0 Å². The highest BCUT2D eigenvalue weighted by molar-refractivity contribution is 5.28. The second kappa shape index (κ2) is 10.9. The summed E-state index contributed by atoms with van der Waals surface area (Å²) in [5.74, 6) is 1.08. The lowest BCUT2D eigenvalue weighted by molar-refractivity contribution is 0.643. The van der Waals surface area contributed by atoms with E-state index in [0.717, 1.165) is 0 Å². The van der Waals surface area contributed by atoms with Crippen molar-refractivity contribution in [2.45, 2.75) is 64.2 Å². The molecule has 0 saturated carbocycles. The molecule has 24 heavy (non-hydrogen) atoms. The van der Waals surface area contributed by atoms with Crippen LogP contribution in [-0.2, 0) is 0 Å². The summed E-state index contributed by atoms with van der Waals surface area (Å²) in [4.78, 5) is 0. The summed E-state index contributed by atoms with van der Waals surface area (Å²) in [6, 6.07) is 21.9. The molecule has 0 aliphatic rings. The number of benzene rings is 2. The van der Waals surface area contributed by atoms with Crippen molar-refractivity contribution in [2.75, 3.05) is 0 Å². The number of unbranched alkanes of at least 4 members (excludes halogenated alkanes) is 2. The maximum absolute atomic E-state index is 2.47. The summed E-state index contributed by atoms with van der Waals surface area (Å²) < 4.78 is 0. The Morgan fingerprint density at radius 2 is 1.00 bits per heavy atom. The zero-order valence-corrected chi connectivity index (χ0v) is 15.3. The van der Waals surface area contributed by atoms with E-state index in [0.29, 0.717) is 11.8 Å². The Morgan fingerprint density at radius 1 is 0.625 bits per heavy atom. The van der Waals surface area contributed by atoms with Crippen LogP contribution in [0.1, 0.15) is 75.3 Å². The Hall–Kier alpha value is -1.82. The van der Waals surface area contributed by atoms with Crippen LogP contribution in [0.5, 0.6) is 0 Å². The van der Waals surface area contributed by atoms with Gasteiger partial charge in [0.1, 0.15) is 0 Å². The molecular formula is C24H32. The molecule has 2 rings (SSSR count). The van der Waals surface area contributed by atoms with Crippen LogP contribution in [0.4, 0.5) is 0 Å². The van der Waals surface area contributed by atoms with E-state index < -0.39 is 0 Å². The van der Waals surface area contributed by atoms with Crippen molar-refractivity contribution in [3.05, 3.63) is 83.9 Å². The largest absolute Gasteiger partial charge is 0.0804 e. The topological polar surface area (TPSA) is 0 Å². The van der Waals surface area contributed by atoms with Gasteiger partial charge in [0.25, 0.3) is 0 Å². The molecule has 0 nitrogen and oxygen atoms in total. The van der Waals surface area contributed by atoms with E-state index in [4.69, 9.17) is 0 Å². The van der Waals surface area contributed by atoms with Crippen LogP contribution in [0, 0.1) is 0 Å². The molecule has 0 aliphatic carbocycles. The second-order valence-corrected chi connectivity index (χ2v) is 6.70. The molecule has 2 atom stereocenters. The van der Waals surface area contributed by atoms with E-state index in [9.17, 15) is 0 Å². The molecule has 0 aromatic heterocycles. The Morgan fingerprint density at radius 3 is 1.33 bits per heavy atom. The van der Waals surface area contributed by atoms with Crippen molar-refractivity contribution < 1.29 is 0 Å². The lowest BCUT2D eigenvalue weighted by atomic mass is 9.88. The maximum atomic E-state index is 2.47. The Balaban J connectivity index is 2.16. The zero-order valence-electron chi connectivity index (χ0n) is 15.3. The van der Waals surface area contributed by atoms with Crippen molar-refractivity contribution in [3.8, 4) is 0 Å². The second-order valence-electron chi connectivity index (χ2n) is 6.70. The van der Waals surface area contributed by atoms with Gasteiger partial charge < -0.3 is 0 Å². The molecule has 0 amide bonds. The fourth-order valence-corrected chi connectivity index (χ4v) is 3.26. The first-order chi connectivity index (χ1) is 11.8. The minimum atomic E-state index is 0.541. The summed E-state index contributed by atoms with van der Waals surface area (Å²) in [5, 5.41) is 0. The average molecular weight is 321 g/mol. The van der Waals surface area contributed by atoms with Gasteiger partial charge in [-0.25, -0.2) is 0 Å². The molecule has 0 heteroatoms. The fourth-order valence-electron chi connectivity index (χ4n) is 3.26. The Labute approximate surface area is 148 Å². The van der Waals surface area contributed by atoms with Crippen LogP contribution < -0.4 is 0 Å². The lowest BCUT2D eigenvalue weighted by Crippen LogP contribution is -1.99. The van der Waals surface area contributed by atoms with Crippen molar-refractivity contribution in [2.24, 2.45) is 0 Å². The molecule has 0 saturated heterocycles. The van der Waals surface area contributed by atoms with E-state index in [1.165, 1.54) is 49.7 Å². The van der Waals surface area contributed by atoms with Gasteiger partial charge in [0.15, 0.2) is 0 Å². The third-order valence-corrected chi connectivity index (χ3v) is 4.77. The van der Waals surface area contributed by atoms with Gasteiger partial charge in [-0.05, 0) is 24.0 Å². The van der Waals surface area contributed by atoms with E-state index >= 15 is 0 Å². The smallest absolute Gasteiger partial charge is 0.00181 e. The van der Waals surface area contributed by atoms with E-state index in [-0.39, 0.29) is 0 Å². The SMILES string of the molecule is CCCCC(/C=C\C(CCCC)c1ccccc1)c1ccccc1. The number of rotatable bonds is 10. The fraction of sp³-hybridized carbons (Fsp3) is 0.417. The normalized spacial score (nSPS) is 13.9. The highest BCUT2D eigenvalue weighted by atomic mass is 14.2. The molecule has 128 valence electrons. The number of hydrogen-bond donors (Lipinski definition) is 0. The van der Waals surface area contributed by atoms with Crippen molar-refractivity contribution in [3.63, 3.8) is 0 Å². The van der Waals surface area contributed by atoms with E-state index in [2.05, 4.69) is 86.7 Å². The quantitative estimate of drug-likeness (QED) is 0.398. The molecule has 0 spiro atoms. The van der Waals surface area contributed by atoms with E-state index in [1.807, 2.05) is 0 Å². The minimum absolute atomic E-state index is 0.541. The van der Waals surface area contributed by atoms with Crippen molar-refractivity contribution in [1.82, 2.24) is 0 Å². The predicted octanol–water partition coefficient (Wildman–Crippen LogP) is 7.49. The van der Waals surface area contributed by atoms with Gasteiger partial charge in [0.05, 0.1) is 0 Å². The van der Waals surface area contributed by atoms with Crippen LogP contribution in [0.25, 0.3) is 0 Å². The van der Waals surface area contributed by atoms with Gasteiger partial charge in [-0.3, -0.25) is 0 Å². The number of hydrogen-bond acceptors (Lipinski definition) is 0. The maximum Gasteiger partial charge on any atom is 0.00181 e. The third-order valence-electron chi connectivity index (χ3n) is 4.77. The zero-order chi connectivity index (χ0) is 17.0. The average Bonchev–Trinajstić information content (AvgIpc) is 2.65. The van der Waals surface area contributed by atoms with Gasteiger partial charge in [-0.15, -0.1) is 0 Å². The Bertz CT molecular complexity index is 514. The Kier molecular flexibility index (Phi) is 8.38. The van der Waals surface area contributed by atoms with Gasteiger partial charge in [0.2, 0.25) is 0 Å². The van der Waals surface area contributed by atoms with Crippen molar-refractivity contribution >= 4 is 0 Å². The van der Waals surface area contributed by atoms with Crippen LogP contribution in [0.15, 0.2) is 72.8 Å². The molecule has 2 unspecified atom stereocenters. The lowest BCUT2D eigenvalue weighted by Gasteiger charge is -2.17. The number of allylic oxidation sites excluding steroid dienone is 2. The monoisotopic (exact) mass is 320 g/mol. The summed E-state index contributed by atoms with van der Waals surface area (Å²) in [6.45, 7) is 4.56. The molecular weight excluding hydrogens is 288 g/mol. The first-order valence-corrected chi connectivity index (χ1v) is 9.63. The summed E-state index contributed by atoms with van der Waals surface area (Å²) in [7, 11) is 0. The third kappa shape index (κ3) is 6.00.